The zero-order valence-electron chi connectivity index (χ0n) is 8.02. The van der Waals surface area contributed by atoms with E-state index in [2.05, 4.69) is 4.98 Å². The van der Waals surface area contributed by atoms with Gasteiger partial charge in [-0.3, -0.25) is 0 Å². The normalized spacial score (nSPS) is 11.1. The predicted octanol–water partition coefficient (Wildman–Crippen LogP) is 1.58. The fourth-order valence-corrected chi connectivity index (χ4v) is 0.910. The lowest BCUT2D eigenvalue weighted by Crippen LogP contribution is -1.95. The molecule has 0 saturated carbocycles. The van der Waals surface area contributed by atoms with Gasteiger partial charge in [0.15, 0.2) is 0 Å². The Morgan fingerprint density at radius 2 is 2.29 bits per heavy atom. The summed E-state index contributed by atoms with van der Waals surface area (Å²) in [5.74, 6) is -0.420. The third-order valence-corrected chi connectivity index (χ3v) is 1.69. The fraction of sp³-hybridized carbons (Fsp3) is 0.200. The van der Waals surface area contributed by atoms with Crippen molar-refractivity contribution in [2.24, 2.45) is 0 Å². The van der Waals surface area contributed by atoms with Crippen molar-refractivity contribution in [3.63, 3.8) is 0 Å². The lowest BCUT2D eigenvalue weighted by Gasteiger charge is -1.98. The van der Waals surface area contributed by atoms with Crippen LogP contribution in [0.5, 0.6) is 5.88 Å². The minimum absolute atomic E-state index is 0.275. The van der Waals surface area contributed by atoms with Crippen LogP contribution < -0.4 is 4.74 Å². The molecule has 0 aliphatic heterocycles. The van der Waals surface area contributed by atoms with Gasteiger partial charge >= 0.3 is 5.97 Å². The fourth-order valence-electron chi connectivity index (χ4n) is 0.910. The van der Waals surface area contributed by atoms with Crippen LogP contribution in [0.3, 0.4) is 0 Å². The lowest BCUT2D eigenvalue weighted by molar-refractivity contribution is -0.132. The average molecular weight is 193 g/mol. The van der Waals surface area contributed by atoms with Crippen LogP contribution in [-0.2, 0) is 4.79 Å². The van der Waals surface area contributed by atoms with Crippen LogP contribution in [0.15, 0.2) is 23.9 Å². The second kappa shape index (κ2) is 4.41. The van der Waals surface area contributed by atoms with Gasteiger partial charge in [0.25, 0.3) is 0 Å². The first-order chi connectivity index (χ1) is 6.63. The van der Waals surface area contributed by atoms with Crippen LogP contribution >= 0.6 is 0 Å². The van der Waals surface area contributed by atoms with E-state index in [0.29, 0.717) is 5.88 Å². The first-order valence-electron chi connectivity index (χ1n) is 4.05. The van der Waals surface area contributed by atoms with E-state index in [0.717, 1.165) is 5.56 Å². The number of ether oxygens (including phenoxy) is 1. The highest BCUT2D eigenvalue weighted by molar-refractivity contribution is 5.91. The summed E-state index contributed by atoms with van der Waals surface area (Å²) in [5.41, 5.74) is 1.02. The topological polar surface area (TPSA) is 59.4 Å². The minimum Gasteiger partial charge on any atom is -0.481 e. The van der Waals surface area contributed by atoms with Crippen molar-refractivity contribution in [2.75, 3.05) is 7.11 Å². The standard InChI is InChI=1S/C10H11NO3/c1-7(10(12)13)5-8-3-4-9(14-2)11-6-8/h3-6H,1-2H3,(H,12,13)/b7-5+. The number of rotatable bonds is 3. The Bertz CT molecular complexity index is 354. The molecule has 0 bridgehead atoms. The summed E-state index contributed by atoms with van der Waals surface area (Å²) in [5, 5.41) is 8.63. The first kappa shape index (κ1) is 10.2. The molecule has 0 aromatic carbocycles. The number of hydrogen-bond donors (Lipinski definition) is 1. The highest BCUT2D eigenvalue weighted by atomic mass is 16.5. The zero-order valence-corrected chi connectivity index (χ0v) is 8.02. The number of carboxylic acids is 1. The number of nitrogens with zero attached hydrogens (tertiary/aromatic N) is 1. The molecule has 0 radical (unpaired) electrons. The Labute approximate surface area is 81.9 Å². The average Bonchev–Trinajstić information content (AvgIpc) is 2.19. The van der Waals surface area contributed by atoms with E-state index in [-0.39, 0.29) is 5.57 Å². The molecular formula is C10H11NO3. The van der Waals surface area contributed by atoms with Crippen LogP contribution in [0.2, 0.25) is 0 Å². The van der Waals surface area contributed by atoms with Crippen molar-refractivity contribution < 1.29 is 14.6 Å². The second-order valence-corrected chi connectivity index (χ2v) is 2.77. The largest absolute Gasteiger partial charge is 0.481 e. The van der Waals surface area contributed by atoms with Gasteiger partial charge in [0, 0.05) is 17.8 Å². The van der Waals surface area contributed by atoms with Crippen molar-refractivity contribution >= 4 is 12.0 Å². The van der Waals surface area contributed by atoms with Gasteiger partial charge in [0.1, 0.15) is 0 Å². The second-order valence-electron chi connectivity index (χ2n) is 2.77. The molecule has 1 aromatic heterocycles. The SMILES string of the molecule is COc1ccc(/C=C(\C)C(=O)O)cn1. The molecule has 0 fully saturated rings. The highest BCUT2D eigenvalue weighted by Gasteiger charge is 2.00. The molecule has 1 rings (SSSR count). The highest BCUT2D eigenvalue weighted by Crippen LogP contribution is 2.10. The van der Waals surface area contributed by atoms with Crippen LogP contribution in [-0.4, -0.2) is 23.2 Å². The van der Waals surface area contributed by atoms with Gasteiger partial charge in [-0.2, -0.15) is 0 Å². The molecule has 0 saturated heterocycles. The Hall–Kier alpha value is -1.84. The summed E-state index contributed by atoms with van der Waals surface area (Å²) >= 11 is 0. The van der Waals surface area contributed by atoms with Crippen LogP contribution in [0, 0.1) is 0 Å². The molecular weight excluding hydrogens is 182 g/mol. The molecule has 0 spiro atoms. The predicted molar refractivity (Wildman–Crippen MR) is 52.1 cm³/mol. The van der Waals surface area contributed by atoms with E-state index < -0.39 is 5.97 Å². The lowest BCUT2D eigenvalue weighted by atomic mass is 10.2. The molecule has 74 valence electrons. The third kappa shape index (κ3) is 2.58. The van der Waals surface area contributed by atoms with E-state index >= 15 is 0 Å². The van der Waals surface area contributed by atoms with E-state index in [1.807, 2.05) is 0 Å². The number of aliphatic carboxylic acids is 1. The first-order valence-corrected chi connectivity index (χ1v) is 4.05. The Morgan fingerprint density at radius 3 is 2.71 bits per heavy atom. The molecule has 0 aliphatic rings. The zero-order chi connectivity index (χ0) is 10.6. The maximum atomic E-state index is 10.5. The van der Waals surface area contributed by atoms with E-state index in [1.165, 1.54) is 14.0 Å². The molecule has 0 atom stereocenters. The quantitative estimate of drug-likeness (QED) is 0.740. The summed E-state index contributed by atoms with van der Waals surface area (Å²) < 4.78 is 4.87. The van der Waals surface area contributed by atoms with Crippen molar-refractivity contribution in [1.29, 1.82) is 0 Å². The van der Waals surface area contributed by atoms with Gasteiger partial charge in [0.2, 0.25) is 5.88 Å². The molecule has 1 heterocycles. The maximum absolute atomic E-state index is 10.5. The Morgan fingerprint density at radius 1 is 1.57 bits per heavy atom. The molecule has 0 amide bonds. The summed E-state index contributed by atoms with van der Waals surface area (Å²) in [7, 11) is 1.53. The summed E-state index contributed by atoms with van der Waals surface area (Å²) in [6.45, 7) is 1.53. The Balaban J connectivity index is 2.88. The summed E-state index contributed by atoms with van der Waals surface area (Å²) in [6, 6.07) is 3.43. The number of aromatic nitrogens is 1. The van der Waals surface area contributed by atoms with Crippen molar-refractivity contribution in [3.8, 4) is 5.88 Å². The molecule has 0 unspecified atom stereocenters. The number of hydrogen-bond acceptors (Lipinski definition) is 3. The van der Waals surface area contributed by atoms with Gasteiger partial charge in [0.05, 0.1) is 7.11 Å². The molecule has 1 aromatic rings. The van der Waals surface area contributed by atoms with Gasteiger partial charge in [-0.25, -0.2) is 9.78 Å². The van der Waals surface area contributed by atoms with E-state index in [1.54, 1.807) is 24.4 Å². The molecule has 1 N–H and O–H groups in total. The Kier molecular flexibility index (Phi) is 3.23. The van der Waals surface area contributed by atoms with Crippen LogP contribution in [0.25, 0.3) is 6.08 Å². The van der Waals surface area contributed by atoms with Gasteiger partial charge in [-0.05, 0) is 24.6 Å². The van der Waals surface area contributed by atoms with Crippen molar-refractivity contribution in [2.45, 2.75) is 6.92 Å². The summed E-state index contributed by atoms with van der Waals surface area (Å²) in [4.78, 5) is 14.5. The maximum Gasteiger partial charge on any atom is 0.331 e. The third-order valence-electron chi connectivity index (χ3n) is 1.69. The molecule has 4 nitrogen and oxygen atoms in total. The number of carbonyl (C=O) groups is 1. The number of methoxy groups -OCH3 is 1. The van der Waals surface area contributed by atoms with E-state index in [9.17, 15) is 4.79 Å². The van der Waals surface area contributed by atoms with Gasteiger partial charge in [-0.15, -0.1) is 0 Å². The van der Waals surface area contributed by atoms with Crippen molar-refractivity contribution in [3.05, 3.63) is 29.5 Å². The van der Waals surface area contributed by atoms with E-state index in [4.69, 9.17) is 9.84 Å². The van der Waals surface area contributed by atoms with Crippen LogP contribution in [0.1, 0.15) is 12.5 Å². The minimum atomic E-state index is -0.930. The molecule has 14 heavy (non-hydrogen) atoms. The van der Waals surface area contributed by atoms with Crippen molar-refractivity contribution in [1.82, 2.24) is 4.98 Å². The monoisotopic (exact) mass is 193 g/mol. The molecule has 4 heteroatoms. The van der Waals surface area contributed by atoms with Gasteiger partial charge in [-0.1, -0.05) is 0 Å². The van der Waals surface area contributed by atoms with Crippen LogP contribution in [0.4, 0.5) is 0 Å². The van der Waals surface area contributed by atoms with Gasteiger partial charge < -0.3 is 9.84 Å². The number of carboxylic acid groups (broad SMARTS) is 1. The summed E-state index contributed by atoms with van der Waals surface area (Å²) in [6.07, 6.45) is 3.11. The smallest absolute Gasteiger partial charge is 0.331 e. The molecule has 0 aliphatic carbocycles. The number of pyridine rings is 1.